The van der Waals surface area contributed by atoms with Crippen LogP contribution in [0.15, 0.2) is 23.2 Å². The van der Waals surface area contributed by atoms with E-state index < -0.39 is 9.84 Å². The molecule has 0 aliphatic heterocycles. The van der Waals surface area contributed by atoms with Crippen molar-refractivity contribution in [3.8, 4) is 0 Å². The third-order valence-electron chi connectivity index (χ3n) is 3.20. The van der Waals surface area contributed by atoms with Gasteiger partial charge in [0, 0.05) is 25.9 Å². The largest absolute Gasteiger partial charge is 0.357 e. The molecule has 1 N–H and O–H groups in total. The number of hydrogen-bond acceptors (Lipinski definition) is 3. The SMILES string of the molecule is CCNC(=NCCS(=O)(=O)CC)N(C)Cc1ccc(Cl)c(Cl)c1.I. The Labute approximate surface area is 171 Å². The molecule has 0 saturated carbocycles. The zero-order valence-corrected chi connectivity index (χ0v) is 18.7. The van der Waals surface area contributed by atoms with Crippen molar-refractivity contribution >= 4 is 63.0 Å². The molecule has 0 aromatic heterocycles. The predicted molar refractivity (Wildman–Crippen MR) is 114 cm³/mol. The highest BCUT2D eigenvalue weighted by molar-refractivity contribution is 14.0. The fourth-order valence-electron chi connectivity index (χ4n) is 1.89. The van der Waals surface area contributed by atoms with E-state index in [-0.39, 0.29) is 42.0 Å². The van der Waals surface area contributed by atoms with Gasteiger partial charge in [0.2, 0.25) is 0 Å². The molecule has 9 heteroatoms. The van der Waals surface area contributed by atoms with Gasteiger partial charge in [-0.1, -0.05) is 36.2 Å². The molecule has 24 heavy (non-hydrogen) atoms. The van der Waals surface area contributed by atoms with Crippen molar-refractivity contribution in [2.24, 2.45) is 4.99 Å². The van der Waals surface area contributed by atoms with Crippen LogP contribution < -0.4 is 5.32 Å². The maximum Gasteiger partial charge on any atom is 0.193 e. The van der Waals surface area contributed by atoms with Gasteiger partial charge in [0.25, 0.3) is 0 Å². The first-order valence-electron chi connectivity index (χ1n) is 7.42. The fourth-order valence-corrected chi connectivity index (χ4v) is 2.87. The van der Waals surface area contributed by atoms with E-state index in [1.807, 2.05) is 31.0 Å². The average molecular weight is 508 g/mol. The van der Waals surface area contributed by atoms with Gasteiger partial charge in [-0.15, -0.1) is 24.0 Å². The molecule has 0 heterocycles. The highest BCUT2D eigenvalue weighted by Gasteiger charge is 2.10. The van der Waals surface area contributed by atoms with Crippen LogP contribution in [0.3, 0.4) is 0 Å². The Balaban J connectivity index is 0.00000529. The highest BCUT2D eigenvalue weighted by Crippen LogP contribution is 2.23. The zero-order chi connectivity index (χ0) is 17.5. The van der Waals surface area contributed by atoms with Crippen molar-refractivity contribution in [2.45, 2.75) is 20.4 Å². The Morgan fingerprint density at radius 3 is 2.46 bits per heavy atom. The van der Waals surface area contributed by atoms with Crippen molar-refractivity contribution in [1.29, 1.82) is 0 Å². The number of hydrogen-bond donors (Lipinski definition) is 1. The monoisotopic (exact) mass is 507 g/mol. The molecule has 1 aromatic rings. The molecule has 0 saturated heterocycles. The van der Waals surface area contributed by atoms with E-state index in [2.05, 4.69) is 10.3 Å². The molecule has 1 aromatic carbocycles. The number of nitrogens with zero attached hydrogens (tertiary/aromatic N) is 2. The van der Waals surface area contributed by atoms with Crippen molar-refractivity contribution in [3.63, 3.8) is 0 Å². The number of sulfone groups is 1. The van der Waals surface area contributed by atoms with Gasteiger partial charge in [-0.05, 0) is 24.6 Å². The Kier molecular flexibility index (Phi) is 11.3. The van der Waals surface area contributed by atoms with E-state index in [0.717, 1.165) is 5.56 Å². The van der Waals surface area contributed by atoms with E-state index in [0.29, 0.717) is 29.1 Å². The fraction of sp³-hybridized carbons (Fsp3) is 0.533. The van der Waals surface area contributed by atoms with Crippen molar-refractivity contribution < 1.29 is 8.42 Å². The molecule has 0 bridgehead atoms. The van der Waals surface area contributed by atoms with Crippen LogP contribution in [-0.2, 0) is 16.4 Å². The van der Waals surface area contributed by atoms with E-state index >= 15 is 0 Å². The number of benzene rings is 1. The lowest BCUT2D eigenvalue weighted by Crippen LogP contribution is -2.38. The standard InChI is InChI=1S/C15H23Cl2N3O2S.HI/c1-4-18-15(19-8-9-23(21,22)5-2)20(3)11-12-6-7-13(16)14(17)10-12;/h6-7,10H,4-5,8-9,11H2,1-3H3,(H,18,19);1H. The van der Waals surface area contributed by atoms with Crippen LogP contribution in [0.2, 0.25) is 10.0 Å². The molecular formula is C15H24Cl2IN3O2S. The molecule has 0 aliphatic rings. The Morgan fingerprint density at radius 2 is 1.92 bits per heavy atom. The normalized spacial score (nSPS) is 11.8. The van der Waals surface area contributed by atoms with E-state index in [9.17, 15) is 8.42 Å². The van der Waals surface area contributed by atoms with E-state index in [1.165, 1.54) is 0 Å². The Bertz CT molecular complexity index is 654. The maximum atomic E-state index is 11.5. The Hall–Kier alpha value is -0.250. The van der Waals surface area contributed by atoms with Crippen molar-refractivity contribution in [3.05, 3.63) is 33.8 Å². The summed E-state index contributed by atoms with van der Waals surface area (Å²) in [5.74, 6) is 0.849. The van der Waals surface area contributed by atoms with Crippen LogP contribution in [0.5, 0.6) is 0 Å². The second kappa shape index (κ2) is 11.4. The predicted octanol–water partition coefficient (Wildman–Crippen LogP) is 3.44. The van der Waals surface area contributed by atoms with Crippen LogP contribution >= 0.6 is 47.2 Å². The maximum absolute atomic E-state index is 11.5. The molecule has 138 valence electrons. The minimum Gasteiger partial charge on any atom is -0.357 e. The van der Waals surface area contributed by atoms with E-state index in [4.69, 9.17) is 23.2 Å². The summed E-state index contributed by atoms with van der Waals surface area (Å²) in [5, 5.41) is 4.18. The highest BCUT2D eigenvalue weighted by atomic mass is 127. The summed E-state index contributed by atoms with van der Waals surface area (Å²) in [6.45, 7) is 5.13. The number of aliphatic imine (C=N–C) groups is 1. The van der Waals surface area contributed by atoms with Gasteiger partial charge in [0.1, 0.15) is 0 Å². The molecule has 5 nitrogen and oxygen atoms in total. The van der Waals surface area contributed by atoms with Crippen molar-refractivity contribution in [2.75, 3.05) is 31.6 Å². The molecule has 0 amide bonds. The summed E-state index contributed by atoms with van der Waals surface area (Å²) in [6.07, 6.45) is 0. The first-order valence-corrected chi connectivity index (χ1v) is 10.0. The average Bonchev–Trinajstić information content (AvgIpc) is 2.50. The number of halogens is 3. The van der Waals surface area contributed by atoms with Crippen LogP contribution in [-0.4, -0.2) is 50.9 Å². The summed E-state index contributed by atoms with van der Waals surface area (Å²) in [6, 6.07) is 5.46. The number of nitrogens with one attached hydrogen (secondary N) is 1. The van der Waals surface area contributed by atoms with Gasteiger partial charge < -0.3 is 10.2 Å². The minimum atomic E-state index is -3.01. The molecule has 0 radical (unpaired) electrons. The third kappa shape index (κ3) is 8.22. The molecule has 0 atom stereocenters. The lowest BCUT2D eigenvalue weighted by molar-refractivity contribution is 0.477. The van der Waals surface area contributed by atoms with Gasteiger partial charge in [0.15, 0.2) is 15.8 Å². The van der Waals surface area contributed by atoms with Gasteiger partial charge >= 0.3 is 0 Å². The third-order valence-corrected chi connectivity index (χ3v) is 5.63. The smallest absolute Gasteiger partial charge is 0.193 e. The van der Waals surface area contributed by atoms with Crippen LogP contribution in [0.4, 0.5) is 0 Å². The minimum absolute atomic E-state index is 0. The second-order valence-corrected chi connectivity index (χ2v) is 8.36. The lowest BCUT2D eigenvalue weighted by Gasteiger charge is -2.22. The first-order chi connectivity index (χ1) is 10.8. The Morgan fingerprint density at radius 1 is 1.25 bits per heavy atom. The molecule has 0 unspecified atom stereocenters. The van der Waals surface area contributed by atoms with Gasteiger partial charge in [0.05, 0.1) is 22.3 Å². The summed E-state index contributed by atoms with van der Waals surface area (Å²) >= 11 is 11.9. The second-order valence-electron chi connectivity index (χ2n) is 5.08. The first kappa shape index (κ1) is 23.8. The summed E-state index contributed by atoms with van der Waals surface area (Å²) in [4.78, 5) is 6.29. The van der Waals surface area contributed by atoms with E-state index in [1.54, 1.807) is 13.0 Å². The van der Waals surface area contributed by atoms with Crippen LogP contribution in [0.1, 0.15) is 19.4 Å². The van der Waals surface area contributed by atoms with Crippen LogP contribution in [0, 0.1) is 0 Å². The lowest BCUT2D eigenvalue weighted by atomic mass is 10.2. The molecule has 0 spiro atoms. The summed E-state index contributed by atoms with van der Waals surface area (Å²) in [7, 11) is -1.12. The molecule has 0 fully saturated rings. The quantitative estimate of drug-likeness (QED) is 0.349. The van der Waals surface area contributed by atoms with Crippen LogP contribution in [0.25, 0.3) is 0 Å². The van der Waals surface area contributed by atoms with Gasteiger partial charge in [-0.25, -0.2) is 8.42 Å². The summed E-state index contributed by atoms with van der Waals surface area (Å²) in [5.41, 5.74) is 0.994. The van der Waals surface area contributed by atoms with Gasteiger partial charge in [-0.3, -0.25) is 4.99 Å². The number of rotatable bonds is 7. The number of guanidine groups is 1. The molecule has 0 aliphatic carbocycles. The summed E-state index contributed by atoms with van der Waals surface area (Å²) < 4.78 is 23.1. The zero-order valence-electron chi connectivity index (χ0n) is 14.1. The molecule has 1 rings (SSSR count). The topological polar surface area (TPSA) is 61.8 Å². The molecular weight excluding hydrogens is 484 g/mol. The van der Waals surface area contributed by atoms with Gasteiger partial charge in [-0.2, -0.15) is 0 Å². The van der Waals surface area contributed by atoms with Crippen molar-refractivity contribution in [1.82, 2.24) is 10.2 Å².